The van der Waals surface area contributed by atoms with Crippen LogP contribution in [0.1, 0.15) is 22.3 Å². The van der Waals surface area contributed by atoms with E-state index >= 15 is 0 Å². The van der Waals surface area contributed by atoms with Crippen molar-refractivity contribution in [2.24, 2.45) is 0 Å². The van der Waals surface area contributed by atoms with Gasteiger partial charge < -0.3 is 18.3 Å². The number of hydrogen-bond donors (Lipinski definition) is 0. The average molecular weight is 392 g/mol. The van der Waals surface area contributed by atoms with E-state index in [0.29, 0.717) is 22.3 Å². The molecule has 4 aromatic rings. The standard InChI is InChI=1S/C23H20O6/c1-13-6-19-16(11-27-20(19)7-14(13)2)8-22(24)28-12-15-9-23(25)29-21-10-17(26-3)4-5-18(15)21/h4-7,9-11H,8,12H2,1-3H3. The first-order valence-electron chi connectivity index (χ1n) is 9.18. The third-order valence-corrected chi connectivity index (χ3v) is 5.03. The maximum absolute atomic E-state index is 12.4. The van der Waals surface area contributed by atoms with Gasteiger partial charge in [0.2, 0.25) is 0 Å². The van der Waals surface area contributed by atoms with Crippen molar-refractivity contribution in [2.75, 3.05) is 7.11 Å². The Kier molecular flexibility index (Phi) is 4.84. The van der Waals surface area contributed by atoms with Gasteiger partial charge in [-0.1, -0.05) is 0 Å². The second-order valence-electron chi connectivity index (χ2n) is 6.98. The zero-order valence-corrected chi connectivity index (χ0v) is 16.4. The predicted molar refractivity (Wildman–Crippen MR) is 108 cm³/mol. The molecule has 0 aliphatic heterocycles. The topological polar surface area (TPSA) is 78.9 Å². The van der Waals surface area contributed by atoms with Gasteiger partial charge >= 0.3 is 11.6 Å². The van der Waals surface area contributed by atoms with Crippen LogP contribution in [0.25, 0.3) is 21.9 Å². The summed E-state index contributed by atoms with van der Waals surface area (Å²) in [7, 11) is 1.53. The minimum atomic E-state index is -0.511. The second kappa shape index (κ2) is 7.47. The van der Waals surface area contributed by atoms with Crippen LogP contribution in [0.2, 0.25) is 0 Å². The third kappa shape index (κ3) is 3.74. The number of esters is 1. The fraction of sp³-hybridized carbons (Fsp3) is 0.217. The molecule has 6 heteroatoms. The third-order valence-electron chi connectivity index (χ3n) is 5.03. The van der Waals surface area contributed by atoms with Gasteiger partial charge in [-0.3, -0.25) is 4.79 Å². The molecule has 0 atom stereocenters. The molecule has 148 valence electrons. The fourth-order valence-electron chi connectivity index (χ4n) is 3.29. The molecule has 0 saturated heterocycles. The van der Waals surface area contributed by atoms with Crippen LogP contribution in [-0.2, 0) is 22.6 Å². The molecule has 4 rings (SSSR count). The first kappa shape index (κ1) is 18.8. The van der Waals surface area contributed by atoms with E-state index in [1.165, 1.54) is 13.2 Å². The zero-order chi connectivity index (χ0) is 20.5. The monoisotopic (exact) mass is 392 g/mol. The van der Waals surface area contributed by atoms with E-state index in [1.54, 1.807) is 24.5 Å². The highest BCUT2D eigenvalue weighted by Crippen LogP contribution is 2.26. The smallest absolute Gasteiger partial charge is 0.336 e. The minimum absolute atomic E-state index is 0.0266. The molecule has 0 saturated carbocycles. The Balaban J connectivity index is 1.53. The van der Waals surface area contributed by atoms with Crippen molar-refractivity contribution >= 4 is 27.9 Å². The van der Waals surface area contributed by atoms with E-state index in [9.17, 15) is 9.59 Å². The second-order valence-corrected chi connectivity index (χ2v) is 6.98. The van der Waals surface area contributed by atoms with Gasteiger partial charge in [0.1, 0.15) is 23.5 Å². The summed E-state index contributed by atoms with van der Waals surface area (Å²) < 4.78 is 21.4. The Bertz CT molecular complexity index is 1280. The molecule has 2 heterocycles. The molecule has 2 aromatic heterocycles. The van der Waals surface area contributed by atoms with Gasteiger partial charge in [-0.2, -0.15) is 0 Å². The number of methoxy groups -OCH3 is 1. The first-order chi connectivity index (χ1) is 13.9. The van der Waals surface area contributed by atoms with E-state index in [4.69, 9.17) is 18.3 Å². The number of ether oxygens (including phenoxy) is 2. The molecule has 0 bridgehead atoms. The van der Waals surface area contributed by atoms with Crippen molar-refractivity contribution in [1.29, 1.82) is 0 Å². The Hall–Kier alpha value is -3.54. The molecule has 0 fully saturated rings. The van der Waals surface area contributed by atoms with Gasteiger partial charge in [-0.05, 0) is 49.2 Å². The van der Waals surface area contributed by atoms with Crippen LogP contribution in [0.5, 0.6) is 5.75 Å². The number of carbonyl (C=O) groups is 1. The number of aryl methyl sites for hydroxylation is 2. The van der Waals surface area contributed by atoms with Crippen molar-refractivity contribution in [3.63, 3.8) is 0 Å². The lowest BCUT2D eigenvalue weighted by atomic mass is 10.0. The van der Waals surface area contributed by atoms with E-state index in [-0.39, 0.29) is 13.0 Å². The number of furan rings is 1. The molecular formula is C23H20O6. The van der Waals surface area contributed by atoms with Crippen LogP contribution < -0.4 is 10.4 Å². The van der Waals surface area contributed by atoms with Crippen molar-refractivity contribution < 1.29 is 23.1 Å². The quantitative estimate of drug-likeness (QED) is 0.369. The van der Waals surface area contributed by atoms with Gasteiger partial charge in [-0.15, -0.1) is 0 Å². The molecular weight excluding hydrogens is 372 g/mol. The molecule has 29 heavy (non-hydrogen) atoms. The minimum Gasteiger partial charge on any atom is -0.497 e. The van der Waals surface area contributed by atoms with Crippen molar-refractivity contribution in [1.82, 2.24) is 0 Å². The summed E-state index contributed by atoms with van der Waals surface area (Å²) >= 11 is 0. The van der Waals surface area contributed by atoms with Crippen LogP contribution in [0.4, 0.5) is 0 Å². The molecule has 0 spiro atoms. The summed E-state index contributed by atoms with van der Waals surface area (Å²) in [6, 6.07) is 10.5. The average Bonchev–Trinajstić information content (AvgIpc) is 3.07. The van der Waals surface area contributed by atoms with Crippen LogP contribution in [0, 0.1) is 13.8 Å². The molecule has 2 aromatic carbocycles. The highest BCUT2D eigenvalue weighted by Gasteiger charge is 2.14. The van der Waals surface area contributed by atoms with E-state index < -0.39 is 11.6 Å². The number of rotatable bonds is 5. The number of fused-ring (bicyclic) bond motifs is 2. The molecule has 6 nitrogen and oxygen atoms in total. The SMILES string of the molecule is COc1ccc2c(COC(=O)Cc3coc4cc(C)c(C)cc34)cc(=O)oc2c1. The Morgan fingerprint density at radius 3 is 2.55 bits per heavy atom. The van der Waals surface area contributed by atoms with Crippen molar-refractivity contribution in [3.8, 4) is 5.75 Å². The predicted octanol–water partition coefficient (Wildman–Crippen LogP) is 4.45. The summed E-state index contributed by atoms with van der Waals surface area (Å²) in [4.78, 5) is 24.3. The van der Waals surface area contributed by atoms with Crippen LogP contribution in [0.3, 0.4) is 0 Å². The summed E-state index contributed by atoms with van der Waals surface area (Å²) in [6.45, 7) is 4.01. The highest BCUT2D eigenvalue weighted by molar-refractivity contribution is 5.87. The molecule has 0 N–H and O–H groups in total. The summed E-state index contributed by atoms with van der Waals surface area (Å²) in [6.07, 6.45) is 1.67. The Morgan fingerprint density at radius 2 is 1.76 bits per heavy atom. The van der Waals surface area contributed by atoms with Crippen LogP contribution in [0.15, 0.2) is 56.3 Å². The maximum Gasteiger partial charge on any atom is 0.336 e. The van der Waals surface area contributed by atoms with E-state index in [0.717, 1.165) is 27.7 Å². The summed E-state index contributed by atoms with van der Waals surface area (Å²) in [5, 5.41) is 1.60. The number of benzene rings is 2. The number of carbonyl (C=O) groups excluding carboxylic acids is 1. The van der Waals surface area contributed by atoms with Crippen molar-refractivity contribution in [3.05, 3.63) is 75.3 Å². The van der Waals surface area contributed by atoms with Gasteiger partial charge in [0.05, 0.1) is 19.8 Å². The molecule has 0 aliphatic rings. The fourth-order valence-corrected chi connectivity index (χ4v) is 3.29. The lowest BCUT2D eigenvalue weighted by Gasteiger charge is -2.08. The summed E-state index contributed by atoms with van der Waals surface area (Å²) in [5.74, 6) is 0.174. The largest absolute Gasteiger partial charge is 0.497 e. The molecule has 0 radical (unpaired) electrons. The Morgan fingerprint density at radius 1 is 0.966 bits per heavy atom. The molecule has 0 amide bonds. The zero-order valence-electron chi connectivity index (χ0n) is 16.4. The Labute approximate surface area is 166 Å². The molecule has 0 unspecified atom stereocenters. The normalized spacial score (nSPS) is 11.1. The van der Waals surface area contributed by atoms with Crippen LogP contribution in [-0.4, -0.2) is 13.1 Å². The highest BCUT2D eigenvalue weighted by atomic mass is 16.5. The lowest BCUT2D eigenvalue weighted by molar-refractivity contribution is -0.144. The molecule has 0 aliphatic carbocycles. The first-order valence-corrected chi connectivity index (χ1v) is 9.18. The maximum atomic E-state index is 12.4. The van der Waals surface area contributed by atoms with Crippen LogP contribution >= 0.6 is 0 Å². The summed E-state index contributed by atoms with van der Waals surface area (Å²) in [5.41, 5.74) is 4.24. The number of hydrogen-bond acceptors (Lipinski definition) is 6. The van der Waals surface area contributed by atoms with Gasteiger partial charge in [0, 0.05) is 34.0 Å². The van der Waals surface area contributed by atoms with Gasteiger partial charge in [0.15, 0.2) is 0 Å². The van der Waals surface area contributed by atoms with E-state index in [1.807, 2.05) is 26.0 Å². The van der Waals surface area contributed by atoms with Crippen molar-refractivity contribution in [2.45, 2.75) is 26.9 Å². The van der Waals surface area contributed by atoms with E-state index in [2.05, 4.69) is 0 Å². The lowest BCUT2D eigenvalue weighted by Crippen LogP contribution is -2.09. The van der Waals surface area contributed by atoms with Gasteiger partial charge in [-0.25, -0.2) is 4.79 Å². The van der Waals surface area contributed by atoms with Gasteiger partial charge in [0.25, 0.3) is 0 Å².